The van der Waals surface area contributed by atoms with Gasteiger partial charge in [0.05, 0.1) is 12.1 Å². The molecule has 1 aromatic carbocycles. The molecule has 0 atom stereocenters. The van der Waals surface area contributed by atoms with Crippen LogP contribution in [0.15, 0.2) is 53.9 Å². The van der Waals surface area contributed by atoms with Crippen LogP contribution < -0.4 is 5.43 Å². The minimum atomic E-state index is -0.912. The van der Waals surface area contributed by atoms with Crippen molar-refractivity contribution in [2.45, 2.75) is 19.8 Å². The molecule has 2 N–H and O–H groups in total. The van der Waals surface area contributed by atoms with Crippen molar-refractivity contribution in [2.75, 3.05) is 0 Å². The highest BCUT2D eigenvalue weighted by Crippen LogP contribution is 2.09. The van der Waals surface area contributed by atoms with Gasteiger partial charge in [-0.05, 0) is 24.6 Å². The number of carboxylic acids is 1. The molecule has 0 aliphatic carbocycles. The number of carbonyl (C=O) groups excluding carboxylic acids is 1. The van der Waals surface area contributed by atoms with Crippen LogP contribution in [0.2, 0.25) is 0 Å². The summed E-state index contributed by atoms with van der Waals surface area (Å²) in [4.78, 5) is 26.7. The third kappa shape index (κ3) is 5.03. The summed E-state index contributed by atoms with van der Waals surface area (Å²) in [7, 11) is 0. The van der Waals surface area contributed by atoms with E-state index in [0.717, 1.165) is 11.1 Å². The van der Waals surface area contributed by atoms with Crippen molar-refractivity contribution >= 4 is 17.6 Å². The lowest BCUT2D eigenvalue weighted by Gasteiger charge is -2.07. The quantitative estimate of drug-likeness (QED) is 0.633. The Morgan fingerprint density at radius 2 is 1.70 bits per heavy atom. The normalized spacial score (nSPS) is 11.1. The van der Waals surface area contributed by atoms with Gasteiger partial charge in [-0.1, -0.05) is 29.8 Å². The number of carbonyl (C=O) groups is 2. The first-order valence-electron chi connectivity index (χ1n) is 7.12. The van der Waals surface area contributed by atoms with Gasteiger partial charge in [0.15, 0.2) is 0 Å². The number of aromatic nitrogens is 1. The molecule has 2 rings (SSSR count). The first-order valence-corrected chi connectivity index (χ1v) is 7.12. The van der Waals surface area contributed by atoms with Crippen LogP contribution in [0.5, 0.6) is 0 Å². The molecule has 0 unspecified atom stereocenters. The number of nitrogens with one attached hydrogen (secondary N) is 1. The third-order valence-corrected chi connectivity index (χ3v) is 3.20. The predicted molar refractivity (Wildman–Crippen MR) is 86.3 cm³/mol. The van der Waals surface area contributed by atoms with E-state index in [1.165, 1.54) is 12.4 Å². The van der Waals surface area contributed by atoms with E-state index in [2.05, 4.69) is 15.5 Å². The fourth-order valence-electron chi connectivity index (χ4n) is 1.92. The Morgan fingerprint density at radius 1 is 1.04 bits per heavy atom. The Balaban J connectivity index is 2.17. The van der Waals surface area contributed by atoms with Gasteiger partial charge in [-0.15, -0.1) is 0 Å². The number of pyridine rings is 1. The molecule has 1 aromatic heterocycles. The van der Waals surface area contributed by atoms with Crippen LogP contribution in [-0.4, -0.2) is 27.7 Å². The monoisotopic (exact) mass is 311 g/mol. The molecule has 0 saturated carbocycles. The third-order valence-electron chi connectivity index (χ3n) is 3.20. The molecule has 6 nitrogen and oxygen atoms in total. The molecule has 0 aliphatic heterocycles. The summed E-state index contributed by atoms with van der Waals surface area (Å²) >= 11 is 0. The van der Waals surface area contributed by atoms with Crippen LogP contribution >= 0.6 is 0 Å². The van der Waals surface area contributed by atoms with E-state index in [4.69, 9.17) is 5.11 Å². The van der Waals surface area contributed by atoms with Gasteiger partial charge in [0.2, 0.25) is 0 Å². The number of hydrazone groups is 1. The molecule has 2 aromatic rings. The molecule has 0 fully saturated rings. The summed E-state index contributed by atoms with van der Waals surface area (Å²) in [5.41, 5.74) is 5.30. The molecule has 1 amide bonds. The van der Waals surface area contributed by atoms with Gasteiger partial charge in [0.25, 0.3) is 5.91 Å². The summed E-state index contributed by atoms with van der Waals surface area (Å²) in [5.74, 6) is -1.28. The zero-order valence-electron chi connectivity index (χ0n) is 12.7. The van der Waals surface area contributed by atoms with Crippen molar-refractivity contribution in [3.8, 4) is 0 Å². The Kier molecular flexibility index (Phi) is 5.57. The van der Waals surface area contributed by atoms with Crippen molar-refractivity contribution in [3.05, 3.63) is 65.5 Å². The number of rotatable bonds is 6. The standard InChI is InChI=1S/C17H17N3O3/c1-12-2-4-13(5-3-12)15(6-7-16(21)22)19-20-17(23)14-8-10-18-11-9-14/h2-5,8-11H,6-7H2,1H3,(H,20,23)(H,21,22)/b19-15+. The highest BCUT2D eigenvalue weighted by Gasteiger charge is 2.09. The highest BCUT2D eigenvalue weighted by molar-refractivity contribution is 6.03. The van der Waals surface area contributed by atoms with E-state index in [9.17, 15) is 9.59 Å². The fraction of sp³-hybridized carbons (Fsp3) is 0.176. The smallest absolute Gasteiger partial charge is 0.303 e. The van der Waals surface area contributed by atoms with Gasteiger partial charge in [-0.25, -0.2) is 5.43 Å². The zero-order chi connectivity index (χ0) is 16.7. The topological polar surface area (TPSA) is 91.6 Å². The van der Waals surface area contributed by atoms with Gasteiger partial charge in [0.1, 0.15) is 0 Å². The van der Waals surface area contributed by atoms with Crippen LogP contribution in [-0.2, 0) is 4.79 Å². The van der Waals surface area contributed by atoms with E-state index < -0.39 is 5.97 Å². The van der Waals surface area contributed by atoms with Crippen molar-refractivity contribution in [2.24, 2.45) is 5.10 Å². The van der Waals surface area contributed by atoms with E-state index in [1.54, 1.807) is 12.1 Å². The summed E-state index contributed by atoms with van der Waals surface area (Å²) in [6, 6.07) is 10.7. The molecule has 1 heterocycles. The molecule has 0 radical (unpaired) electrons. The molecule has 0 bridgehead atoms. The molecular formula is C17H17N3O3. The number of nitrogens with zero attached hydrogens (tertiary/aromatic N) is 2. The summed E-state index contributed by atoms with van der Waals surface area (Å²) in [5, 5.41) is 13.0. The summed E-state index contributed by atoms with van der Waals surface area (Å²) < 4.78 is 0. The molecule has 0 saturated heterocycles. The second kappa shape index (κ2) is 7.84. The largest absolute Gasteiger partial charge is 0.481 e. The predicted octanol–water partition coefficient (Wildman–Crippen LogP) is 2.39. The lowest BCUT2D eigenvalue weighted by molar-refractivity contribution is -0.136. The van der Waals surface area contributed by atoms with E-state index in [0.29, 0.717) is 11.3 Å². The molecule has 23 heavy (non-hydrogen) atoms. The Morgan fingerprint density at radius 3 is 2.30 bits per heavy atom. The average molecular weight is 311 g/mol. The maximum Gasteiger partial charge on any atom is 0.303 e. The Bertz CT molecular complexity index is 710. The second-order valence-electron chi connectivity index (χ2n) is 5.00. The minimum Gasteiger partial charge on any atom is -0.481 e. The number of hydrogen-bond acceptors (Lipinski definition) is 4. The molecule has 6 heteroatoms. The molecule has 0 aliphatic rings. The number of amides is 1. The lowest BCUT2D eigenvalue weighted by Crippen LogP contribution is -2.20. The van der Waals surface area contributed by atoms with Gasteiger partial charge in [0, 0.05) is 24.4 Å². The van der Waals surface area contributed by atoms with E-state index in [-0.39, 0.29) is 18.7 Å². The molecule has 118 valence electrons. The van der Waals surface area contributed by atoms with Crippen LogP contribution in [0.25, 0.3) is 0 Å². The maximum atomic E-state index is 12.0. The Labute approximate surface area is 133 Å². The number of carboxylic acid groups (broad SMARTS) is 1. The number of aliphatic carboxylic acids is 1. The van der Waals surface area contributed by atoms with Gasteiger partial charge in [-0.3, -0.25) is 14.6 Å². The van der Waals surface area contributed by atoms with Crippen molar-refractivity contribution < 1.29 is 14.7 Å². The zero-order valence-corrected chi connectivity index (χ0v) is 12.7. The van der Waals surface area contributed by atoms with Crippen molar-refractivity contribution in [1.29, 1.82) is 0 Å². The lowest BCUT2D eigenvalue weighted by atomic mass is 10.0. The Hall–Kier alpha value is -3.02. The number of aryl methyl sites for hydroxylation is 1. The highest BCUT2D eigenvalue weighted by atomic mass is 16.4. The van der Waals surface area contributed by atoms with Crippen molar-refractivity contribution in [1.82, 2.24) is 10.4 Å². The molecule has 0 spiro atoms. The summed E-state index contributed by atoms with van der Waals surface area (Å²) in [6.45, 7) is 1.96. The summed E-state index contributed by atoms with van der Waals surface area (Å²) in [6.07, 6.45) is 3.21. The molecular weight excluding hydrogens is 294 g/mol. The van der Waals surface area contributed by atoms with Crippen LogP contribution in [0.3, 0.4) is 0 Å². The minimum absolute atomic E-state index is 0.0577. The first kappa shape index (κ1) is 16.4. The number of hydrogen-bond donors (Lipinski definition) is 2. The first-order chi connectivity index (χ1) is 11.1. The van der Waals surface area contributed by atoms with Crippen LogP contribution in [0, 0.1) is 6.92 Å². The van der Waals surface area contributed by atoms with Gasteiger partial charge in [-0.2, -0.15) is 5.10 Å². The second-order valence-corrected chi connectivity index (χ2v) is 5.00. The van der Waals surface area contributed by atoms with E-state index in [1.807, 2.05) is 31.2 Å². The van der Waals surface area contributed by atoms with Crippen LogP contribution in [0.4, 0.5) is 0 Å². The van der Waals surface area contributed by atoms with Gasteiger partial charge < -0.3 is 5.11 Å². The maximum absolute atomic E-state index is 12.0. The van der Waals surface area contributed by atoms with E-state index >= 15 is 0 Å². The van der Waals surface area contributed by atoms with Gasteiger partial charge >= 0.3 is 5.97 Å². The van der Waals surface area contributed by atoms with Crippen molar-refractivity contribution in [3.63, 3.8) is 0 Å². The SMILES string of the molecule is Cc1ccc(/C(CCC(=O)O)=N/NC(=O)c2ccncc2)cc1. The van der Waals surface area contributed by atoms with Crippen LogP contribution in [0.1, 0.15) is 34.3 Å². The average Bonchev–Trinajstić information content (AvgIpc) is 2.56. The fourth-order valence-corrected chi connectivity index (χ4v) is 1.92. The number of benzene rings is 1.